The van der Waals surface area contributed by atoms with Gasteiger partial charge in [0.2, 0.25) is 0 Å². The SMILES string of the molecule is CC[C@]1([C@@H]2O[C@H]([C@H]3O[C@@](O)(CO)[C@H](C)C[C@@H]3C)C[C@@H]2C)CC[C@H]([C@]2(C)CCC3(C[C@H](O)[C@@H](C)[C@@H]([C@@H](C)[C@@H](OC)[C@H](C)C(=O)O)O3)O2)O1. The van der Waals surface area contributed by atoms with Crippen LogP contribution in [-0.2, 0) is 33.2 Å². The van der Waals surface area contributed by atoms with Crippen molar-refractivity contribution in [2.75, 3.05) is 13.7 Å². The van der Waals surface area contributed by atoms with E-state index in [9.17, 15) is 25.2 Å². The second kappa shape index (κ2) is 13.7. The van der Waals surface area contributed by atoms with Gasteiger partial charge in [0, 0.05) is 37.7 Å². The Kier molecular flexibility index (Phi) is 10.9. The second-order valence-electron chi connectivity index (χ2n) is 16.3. The number of carbonyl (C=O) groups is 1. The van der Waals surface area contributed by atoms with Gasteiger partial charge in [-0.25, -0.2) is 0 Å². The Hall–Kier alpha value is -0.890. The van der Waals surface area contributed by atoms with Crippen LogP contribution in [0.2, 0.25) is 0 Å². The Morgan fingerprint density at radius 3 is 2.34 bits per heavy atom. The summed E-state index contributed by atoms with van der Waals surface area (Å²) in [5, 5.41) is 41.8. The van der Waals surface area contributed by atoms with Crippen LogP contribution in [0.1, 0.15) is 107 Å². The van der Waals surface area contributed by atoms with E-state index in [1.54, 1.807) is 6.92 Å². The predicted octanol–water partition coefficient (Wildman–Crippen LogP) is 4.27. The molecule has 4 N–H and O–H groups in total. The van der Waals surface area contributed by atoms with Gasteiger partial charge in [-0.3, -0.25) is 4.79 Å². The minimum atomic E-state index is -1.56. The first-order chi connectivity index (χ1) is 22.0. The molecule has 5 aliphatic heterocycles. The Labute approximate surface area is 281 Å². The zero-order valence-electron chi connectivity index (χ0n) is 30.0. The lowest BCUT2D eigenvalue weighted by Gasteiger charge is -2.49. The molecule has 5 saturated heterocycles. The van der Waals surface area contributed by atoms with Gasteiger partial charge in [-0.15, -0.1) is 0 Å². The van der Waals surface area contributed by atoms with Gasteiger partial charge in [0.05, 0.1) is 66.5 Å². The molecule has 272 valence electrons. The van der Waals surface area contributed by atoms with Crippen LogP contribution in [0.3, 0.4) is 0 Å². The summed E-state index contributed by atoms with van der Waals surface area (Å²) in [6.07, 6.45) is 2.99. The summed E-state index contributed by atoms with van der Waals surface area (Å²) >= 11 is 0. The second-order valence-corrected chi connectivity index (χ2v) is 16.3. The molecule has 0 bridgehead atoms. The molecule has 0 aromatic carbocycles. The van der Waals surface area contributed by atoms with Crippen molar-refractivity contribution in [2.45, 2.75) is 172 Å². The topological polar surface area (TPSA) is 153 Å². The highest BCUT2D eigenvalue weighted by Gasteiger charge is 2.62. The number of carboxylic acids is 1. The number of hydrogen-bond acceptors (Lipinski definition) is 10. The van der Waals surface area contributed by atoms with E-state index in [2.05, 4.69) is 27.7 Å². The van der Waals surface area contributed by atoms with Crippen molar-refractivity contribution >= 4 is 5.97 Å². The van der Waals surface area contributed by atoms with Gasteiger partial charge in [0.15, 0.2) is 11.6 Å². The van der Waals surface area contributed by atoms with Gasteiger partial charge in [-0.2, -0.15) is 0 Å². The van der Waals surface area contributed by atoms with Crippen molar-refractivity contribution < 1.29 is 53.6 Å². The summed E-state index contributed by atoms with van der Waals surface area (Å²) < 4.78 is 39.4. The summed E-state index contributed by atoms with van der Waals surface area (Å²) in [6, 6.07) is 0. The van der Waals surface area contributed by atoms with Crippen LogP contribution < -0.4 is 0 Å². The summed E-state index contributed by atoms with van der Waals surface area (Å²) in [5.74, 6) is -4.52. The highest BCUT2D eigenvalue weighted by Crippen LogP contribution is 2.55. The third-order valence-electron chi connectivity index (χ3n) is 13.0. The largest absolute Gasteiger partial charge is 0.481 e. The van der Waals surface area contributed by atoms with Crippen molar-refractivity contribution in [1.29, 1.82) is 0 Å². The van der Waals surface area contributed by atoms with Crippen molar-refractivity contribution in [3.8, 4) is 0 Å². The first kappa shape index (κ1) is 37.4. The molecule has 47 heavy (non-hydrogen) atoms. The maximum absolute atomic E-state index is 11.8. The Morgan fingerprint density at radius 2 is 1.72 bits per heavy atom. The fourth-order valence-electron chi connectivity index (χ4n) is 9.91. The molecule has 0 saturated carbocycles. The number of aliphatic hydroxyl groups excluding tert-OH is 2. The van der Waals surface area contributed by atoms with Crippen LogP contribution in [0.5, 0.6) is 0 Å². The van der Waals surface area contributed by atoms with E-state index in [-0.39, 0.29) is 54.0 Å². The Morgan fingerprint density at radius 1 is 1.02 bits per heavy atom. The number of aliphatic hydroxyl groups is 3. The molecule has 0 aromatic heterocycles. The number of carboxylic acid groups (broad SMARTS) is 1. The molecule has 11 heteroatoms. The fraction of sp³-hybridized carbons (Fsp3) is 0.972. The van der Waals surface area contributed by atoms with E-state index in [0.717, 1.165) is 32.1 Å². The molecular weight excluding hydrogens is 608 g/mol. The Bertz CT molecular complexity index is 1110. The van der Waals surface area contributed by atoms with Crippen LogP contribution >= 0.6 is 0 Å². The van der Waals surface area contributed by atoms with E-state index >= 15 is 0 Å². The zero-order valence-corrected chi connectivity index (χ0v) is 30.0. The molecule has 5 aliphatic rings. The van der Waals surface area contributed by atoms with Gasteiger partial charge < -0.3 is 48.8 Å². The predicted molar refractivity (Wildman–Crippen MR) is 172 cm³/mol. The first-order valence-corrected chi connectivity index (χ1v) is 18.1. The highest BCUT2D eigenvalue weighted by molar-refractivity contribution is 5.70. The highest BCUT2D eigenvalue weighted by atomic mass is 16.7. The number of hydrogen-bond donors (Lipinski definition) is 4. The molecule has 11 nitrogen and oxygen atoms in total. The molecule has 0 aliphatic carbocycles. The van der Waals surface area contributed by atoms with Crippen molar-refractivity contribution in [2.24, 2.45) is 35.5 Å². The standard InChI is InChI=1S/C36H62O11/c1-10-34(31-20(3)16-26(43-31)28-19(2)15-21(4)36(41,18-37)46-28)12-11-27(44-34)33(8)13-14-35(47-33)17-25(38)22(5)30(45-35)23(6)29(42-9)24(7)32(39)40/h19-31,37-38,41H,10-18H2,1-9H3,(H,39,40)/t19-,20-,21+,22+,23-,24-,25-,26-,27+,28-,29+,30-,31+,33-,34+,35?,36-/m0/s1. The van der Waals surface area contributed by atoms with Crippen molar-refractivity contribution in [1.82, 2.24) is 0 Å². The maximum atomic E-state index is 11.8. The van der Waals surface area contributed by atoms with E-state index in [0.29, 0.717) is 19.3 Å². The van der Waals surface area contributed by atoms with E-state index in [1.807, 2.05) is 20.8 Å². The average Bonchev–Trinajstić information content (AvgIpc) is 3.73. The van der Waals surface area contributed by atoms with Crippen LogP contribution in [0.15, 0.2) is 0 Å². The fourth-order valence-corrected chi connectivity index (χ4v) is 9.91. The summed E-state index contributed by atoms with van der Waals surface area (Å²) in [4.78, 5) is 11.8. The quantitative estimate of drug-likeness (QED) is 0.264. The smallest absolute Gasteiger partial charge is 0.308 e. The molecule has 1 unspecified atom stereocenters. The molecule has 0 radical (unpaired) electrons. The van der Waals surface area contributed by atoms with Crippen LogP contribution in [0.4, 0.5) is 0 Å². The van der Waals surface area contributed by atoms with Gasteiger partial charge in [0.25, 0.3) is 0 Å². The van der Waals surface area contributed by atoms with Gasteiger partial charge >= 0.3 is 5.97 Å². The molecule has 1 spiro atoms. The van der Waals surface area contributed by atoms with E-state index in [4.69, 9.17) is 28.4 Å². The summed E-state index contributed by atoms with van der Waals surface area (Å²) in [7, 11) is 1.52. The molecular formula is C36H62O11. The number of ether oxygens (including phenoxy) is 6. The molecule has 17 atom stereocenters. The third kappa shape index (κ3) is 6.67. The monoisotopic (exact) mass is 670 g/mol. The van der Waals surface area contributed by atoms with Crippen LogP contribution in [-0.4, -0.2) is 106 Å². The lowest BCUT2D eigenvalue weighted by Crippen LogP contribution is -2.57. The molecule has 5 fully saturated rings. The molecule has 5 heterocycles. The Balaban J connectivity index is 1.29. The third-order valence-corrected chi connectivity index (χ3v) is 13.0. The number of aliphatic carboxylic acids is 1. The lowest BCUT2D eigenvalue weighted by atomic mass is 9.78. The summed E-state index contributed by atoms with van der Waals surface area (Å²) in [6.45, 7) is 15.6. The average molecular weight is 671 g/mol. The molecule has 5 rings (SSSR count). The van der Waals surface area contributed by atoms with Gasteiger partial charge in [0.1, 0.15) is 0 Å². The normalized spacial score (nSPS) is 50.9. The van der Waals surface area contributed by atoms with Crippen molar-refractivity contribution in [3.05, 3.63) is 0 Å². The van der Waals surface area contributed by atoms with E-state index < -0.39 is 59.6 Å². The maximum Gasteiger partial charge on any atom is 0.308 e. The van der Waals surface area contributed by atoms with Gasteiger partial charge in [-0.1, -0.05) is 41.5 Å². The first-order valence-electron chi connectivity index (χ1n) is 18.1. The van der Waals surface area contributed by atoms with Crippen molar-refractivity contribution in [3.63, 3.8) is 0 Å². The van der Waals surface area contributed by atoms with Crippen LogP contribution in [0.25, 0.3) is 0 Å². The minimum Gasteiger partial charge on any atom is -0.481 e. The minimum absolute atomic E-state index is 0.153. The molecule has 0 aromatic rings. The molecule has 0 amide bonds. The summed E-state index contributed by atoms with van der Waals surface area (Å²) in [5.41, 5.74) is -1.15. The lowest BCUT2D eigenvalue weighted by molar-refractivity contribution is -0.336. The van der Waals surface area contributed by atoms with Gasteiger partial charge in [-0.05, 0) is 64.2 Å². The van der Waals surface area contributed by atoms with E-state index in [1.165, 1.54) is 7.11 Å². The zero-order chi connectivity index (χ0) is 34.7. The van der Waals surface area contributed by atoms with Crippen LogP contribution in [0, 0.1) is 35.5 Å². The number of methoxy groups -OCH3 is 1. The number of rotatable bonds is 10.